The Balaban J connectivity index is 2.33. The summed E-state index contributed by atoms with van der Waals surface area (Å²) in [6, 6.07) is 8.05. The van der Waals surface area contributed by atoms with E-state index in [9.17, 15) is 0 Å². The van der Waals surface area contributed by atoms with Crippen LogP contribution in [0.1, 0.15) is 5.56 Å². The third-order valence-electron chi connectivity index (χ3n) is 2.37. The first-order valence-corrected chi connectivity index (χ1v) is 5.42. The fraction of sp³-hybridized carbons (Fsp3) is 0.231. The number of aliphatic hydroxyl groups excluding tert-OH is 1. The SMILES string of the molecule is Cc1ccc(-c2cncnc2OCCO)cc1. The molecule has 0 saturated carbocycles. The molecular weight excluding hydrogens is 216 g/mol. The fourth-order valence-corrected chi connectivity index (χ4v) is 1.51. The average Bonchev–Trinajstić information content (AvgIpc) is 2.38. The summed E-state index contributed by atoms with van der Waals surface area (Å²) < 4.78 is 5.37. The Morgan fingerprint density at radius 1 is 1.24 bits per heavy atom. The molecule has 4 nitrogen and oxygen atoms in total. The van der Waals surface area contributed by atoms with Crippen LogP contribution in [0.4, 0.5) is 0 Å². The molecule has 17 heavy (non-hydrogen) atoms. The van der Waals surface area contributed by atoms with Crippen molar-refractivity contribution in [1.82, 2.24) is 9.97 Å². The van der Waals surface area contributed by atoms with Gasteiger partial charge in [0, 0.05) is 6.20 Å². The maximum absolute atomic E-state index is 8.76. The van der Waals surface area contributed by atoms with Gasteiger partial charge < -0.3 is 9.84 Å². The standard InChI is InChI=1S/C13H14N2O2/c1-10-2-4-11(5-3-10)12-8-14-9-15-13(12)17-7-6-16/h2-5,8-9,16H,6-7H2,1H3. The fourth-order valence-electron chi connectivity index (χ4n) is 1.51. The van der Waals surface area contributed by atoms with Gasteiger partial charge in [0.1, 0.15) is 12.9 Å². The summed E-state index contributed by atoms with van der Waals surface area (Å²) >= 11 is 0. The minimum Gasteiger partial charge on any atom is -0.475 e. The smallest absolute Gasteiger partial charge is 0.224 e. The molecule has 4 heteroatoms. The lowest BCUT2D eigenvalue weighted by Gasteiger charge is -2.08. The third-order valence-corrected chi connectivity index (χ3v) is 2.37. The van der Waals surface area contributed by atoms with Crippen LogP contribution in [-0.4, -0.2) is 28.3 Å². The number of aryl methyl sites for hydroxylation is 1. The monoisotopic (exact) mass is 230 g/mol. The van der Waals surface area contributed by atoms with Gasteiger partial charge in [0.25, 0.3) is 0 Å². The molecule has 0 amide bonds. The van der Waals surface area contributed by atoms with Gasteiger partial charge in [-0.15, -0.1) is 0 Å². The molecule has 0 saturated heterocycles. The lowest BCUT2D eigenvalue weighted by Crippen LogP contribution is -2.04. The average molecular weight is 230 g/mol. The summed E-state index contributed by atoms with van der Waals surface area (Å²) in [5, 5.41) is 8.76. The molecule has 2 rings (SSSR count). The predicted molar refractivity (Wildman–Crippen MR) is 64.8 cm³/mol. The van der Waals surface area contributed by atoms with E-state index < -0.39 is 0 Å². The van der Waals surface area contributed by atoms with E-state index in [1.165, 1.54) is 11.9 Å². The number of hydrogen-bond donors (Lipinski definition) is 1. The number of ether oxygens (including phenoxy) is 1. The number of rotatable bonds is 4. The zero-order chi connectivity index (χ0) is 12.1. The van der Waals surface area contributed by atoms with E-state index >= 15 is 0 Å². The van der Waals surface area contributed by atoms with Crippen molar-refractivity contribution in [3.63, 3.8) is 0 Å². The van der Waals surface area contributed by atoms with Crippen LogP contribution >= 0.6 is 0 Å². The second kappa shape index (κ2) is 5.41. The quantitative estimate of drug-likeness (QED) is 0.870. The highest BCUT2D eigenvalue weighted by Gasteiger charge is 2.07. The largest absolute Gasteiger partial charge is 0.475 e. The predicted octanol–water partition coefficient (Wildman–Crippen LogP) is 1.82. The molecule has 0 spiro atoms. The van der Waals surface area contributed by atoms with Crippen molar-refractivity contribution in [2.45, 2.75) is 6.92 Å². The Labute approximate surface area is 99.9 Å². The Morgan fingerprint density at radius 2 is 2.00 bits per heavy atom. The molecule has 1 heterocycles. The molecule has 2 aromatic rings. The molecule has 0 bridgehead atoms. The van der Waals surface area contributed by atoms with E-state index in [2.05, 4.69) is 9.97 Å². The van der Waals surface area contributed by atoms with E-state index in [0.717, 1.165) is 11.1 Å². The molecule has 1 aromatic carbocycles. The van der Waals surface area contributed by atoms with Gasteiger partial charge in [0.05, 0.1) is 12.2 Å². The zero-order valence-corrected chi connectivity index (χ0v) is 9.63. The van der Waals surface area contributed by atoms with Crippen LogP contribution in [0, 0.1) is 6.92 Å². The van der Waals surface area contributed by atoms with Gasteiger partial charge >= 0.3 is 0 Å². The summed E-state index contributed by atoms with van der Waals surface area (Å²) in [5.74, 6) is 0.498. The van der Waals surface area contributed by atoms with Crippen LogP contribution in [0.15, 0.2) is 36.8 Å². The van der Waals surface area contributed by atoms with E-state index in [1.54, 1.807) is 6.20 Å². The van der Waals surface area contributed by atoms with Crippen LogP contribution in [0.25, 0.3) is 11.1 Å². The van der Waals surface area contributed by atoms with Crippen LogP contribution in [-0.2, 0) is 0 Å². The van der Waals surface area contributed by atoms with Gasteiger partial charge in [0.15, 0.2) is 0 Å². The van der Waals surface area contributed by atoms with Gasteiger partial charge in [-0.1, -0.05) is 29.8 Å². The first-order chi connectivity index (χ1) is 8.31. The van der Waals surface area contributed by atoms with Crippen LogP contribution < -0.4 is 4.74 Å². The molecule has 0 atom stereocenters. The summed E-state index contributed by atoms with van der Waals surface area (Å²) in [6.07, 6.45) is 3.15. The molecular formula is C13H14N2O2. The number of hydrogen-bond acceptors (Lipinski definition) is 4. The van der Waals surface area contributed by atoms with Crippen LogP contribution in [0.5, 0.6) is 5.88 Å². The Hall–Kier alpha value is -1.94. The summed E-state index contributed by atoms with van der Waals surface area (Å²) in [5.41, 5.74) is 3.04. The minimum absolute atomic E-state index is 0.0304. The van der Waals surface area contributed by atoms with Gasteiger partial charge in [-0.2, -0.15) is 0 Å². The number of aliphatic hydroxyl groups is 1. The summed E-state index contributed by atoms with van der Waals surface area (Å²) in [7, 11) is 0. The van der Waals surface area contributed by atoms with Crippen molar-refractivity contribution in [3.05, 3.63) is 42.4 Å². The molecule has 0 unspecified atom stereocenters. The topological polar surface area (TPSA) is 55.2 Å². The van der Waals surface area contributed by atoms with Crippen molar-refractivity contribution in [2.75, 3.05) is 13.2 Å². The molecule has 0 aliphatic heterocycles. The second-order valence-corrected chi connectivity index (χ2v) is 3.68. The van der Waals surface area contributed by atoms with E-state index in [-0.39, 0.29) is 13.2 Å². The normalized spacial score (nSPS) is 10.2. The van der Waals surface area contributed by atoms with Crippen molar-refractivity contribution in [3.8, 4) is 17.0 Å². The molecule has 0 radical (unpaired) electrons. The number of nitrogens with zero attached hydrogens (tertiary/aromatic N) is 2. The first-order valence-electron chi connectivity index (χ1n) is 5.42. The highest BCUT2D eigenvalue weighted by Crippen LogP contribution is 2.26. The molecule has 1 aromatic heterocycles. The molecule has 88 valence electrons. The Bertz CT molecular complexity index is 483. The highest BCUT2D eigenvalue weighted by molar-refractivity contribution is 5.67. The molecule has 0 fully saturated rings. The van der Waals surface area contributed by atoms with Crippen molar-refractivity contribution < 1.29 is 9.84 Å². The van der Waals surface area contributed by atoms with E-state index in [1.807, 2.05) is 31.2 Å². The third kappa shape index (κ3) is 2.79. The van der Waals surface area contributed by atoms with Gasteiger partial charge in [0.2, 0.25) is 5.88 Å². The number of benzene rings is 1. The summed E-state index contributed by atoms with van der Waals surface area (Å²) in [4.78, 5) is 8.07. The number of aromatic nitrogens is 2. The van der Waals surface area contributed by atoms with Crippen molar-refractivity contribution in [2.24, 2.45) is 0 Å². The Morgan fingerprint density at radius 3 is 2.71 bits per heavy atom. The lowest BCUT2D eigenvalue weighted by molar-refractivity contribution is 0.197. The zero-order valence-electron chi connectivity index (χ0n) is 9.63. The lowest BCUT2D eigenvalue weighted by atomic mass is 10.1. The molecule has 1 N–H and O–H groups in total. The van der Waals surface area contributed by atoms with Gasteiger partial charge in [-0.05, 0) is 12.5 Å². The highest BCUT2D eigenvalue weighted by atomic mass is 16.5. The first kappa shape index (κ1) is 11.5. The van der Waals surface area contributed by atoms with Crippen molar-refractivity contribution in [1.29, 1.82) is 0 Å². The van der Waals surface area contributed by atoms with Gasteiger partial charge in [-0.3, -0.25) is 0 Å². The second-order valence-electron chi connectivity index (χ2n) is 3.68. The van der Waals surface area contributed by atoms with Gasteiger partial charge in [-0.25, -0.2) is 9.97 Å². The minimum atomic E-state index is -0.0304. The molecule has 0 aliphatic rings. The summed E-state index contributed by atoms with van der Waals surface area (Å²) in [6.45, 7) is 2.24. The molecule has 0 aliphatic carbocycles. The van der Waals surface area contributed by atoms with Crippen molar-refractivity contribution >= 4 is 0 Å². The maximum atomic E-state index is 8.76. The van der Waals surface area contributed by atoms with E-state index in [0.29, 0.717) is 5.88 Å². The van der Waals surface area contributed by atoms with Crippen LogP contribution in [0.2, 0.25) is 0 Å². The van der Waals surface area contributed by atoms with Crippen LogP contribution in [0.3, 0.4) is 0 Å². The van der Waals surface area contributed by atoms with E-state index in [4.69, 9.17) is 9.84 Å². The Kier molecular flexibility index (Phi) is 3.67. The maximum Gasteiger partial charge on any atom is 0.224 e.